The maximum absolute atomic E-state index is 13.5. The van der Waals surface area contributed by atoms with Crippen LogP contribution in [0.5, 0.6) is 0 Å². The first kappa shape index (κ1) is 25.7. The molecule has 0 aromatic carbocycles. The van der Waals surface area contributed by atoms with Gasteiger partial charge in [-0.1, -0.05) is 41.5 Å². The molecule has 0 radical (unpaired) electrons. The molecule has 9 atom stereocenters. The lowest BCUT2D eigenvalue weighted by molar-refractivity contribution is -0.209. The third-order valence-corrected chi connectivity index (χ3v) is 11.9. The fourth-order valence-electron chi connectivity index (χ4n) is 10.2. The van der Waals surface area contributed by atoms with Gasteiger partial charge < -0.3 is 9.84 Å². The summed E-state index contributed by atoms with van der Waals surface area (Å²) in [4.78, 5) is 36.5. The number of esters is 1. The van der Waals surface area contributed by atoms with Crippen molar-refractivity contribution >= 4 is 17.7 Å². The summed E-state index contributed by atoms with van der Waals surface area (Å²) in [6, 6.07) is 0. The van der Waals surface area contributed by atoms with Crippen LogP contribution in [0.15, 0.2) is 0 Å². The van der Waals surface area contributed by atoms with Crippen molar-refractivity contribution in [1.82, 2.24) is 0 Å². The van der Waals surface area contributed by atoms with E-state index in [1.54, 1.807) is 0 Å². The number of aliphatic carboxylic acids is 1. The van der Waals surface area contributed by atoms with E-state index in [2.05, 4.69) is 41.5 Å². The van der Waals surface area contributed by atoms with Gasteiger partial charge in [-0.2, -0.15) is 0 Å². The second-order valence-corrected chi connectivity index (χ2v) is 13.7. The normalized spacial score (nSPS) is 46.1. The minimum absolute atomic E-state index is 0.0170. The Balaban J connectivity index is 1.62. The Labute approximate surface area is 205 Å². The lowest BCUT2D eigenvalue weighted by Gasteiger charge is -2.67. The van der Waals surface area contributed by atoms with Gasteiger partial charge in [0, 0.05) is 31.1 Å². The number of carbonyl (C=O) groups excluding carboxylic acids is 2. The summed E-state index contributed by atoms with van der Waals surface area (Å²) in [6.07, 6.45) is 7.81. The number of ketones is 1. The fraction of sp³-hybridized carbons (Fsp3) is 0.897. The van der Waals surface area contributed by atoms with Crippen LogP contribution in [0.2, 0.25) is 0 Å². The van der Waals surface area contributed by atoms with Gasteiger partial charge in [-0.25, -0.2) is 0 Å². The van der Waals surface area contributed by atoms with E-state index >= 15 is 0 Å². The van der Waals surface area contributed by atoms with Gasteiger partial charge in [-0.3, -0.25) is 14.4 Å². The van der Waals surface area contributed by atoms with E-state index in [1.807, 2.05) is 0 Å². The minimum atomic E-state index is -0.771. The summed E-state index contributed by atoms with van der Waals surface area (Å²) < 4.78 is 5.81. The molecule has 0 heterocycles. The Morgan fingerprint density at radius 3 is 2.29 bits per heavy atom. The Kier molecular flexibility index (Phi) is 6.30. The Morgan fingerprint density at radius 1 is 1.00 bits per heavy atom. The predicted octanol–water partition coefficient (Wildman–Crippen LogP) is 6.28. The third kappa shape index (κ3) is 3.58. The van der Waals surface area contributed by atoms with Crippen LogP contribution in [0.3, 0.4) is 0 Å². The SMILES string of the molecule is CC(=O)O[C@H]1CC[C@]2(C)C3CC[C@]4(C)[C@@H]([C@H](C)CCC(=O)O)C(=O)C[C@@]4(C)C3CCC2C1(C)C. The van der Waals surface area contributed by atoms with Crippen LogP contribution in [0.4, 0.5) is 0 Å². The molecule has 0 aromatic rings. The molecule has 5 heteroatoms. The van der Waals surface area contributed by atoms with Gasteiger partial charge in [0.2, 0.25) is 0 Å². The van der Waals surface area contributed by atoms with Crippen molar-refractivity contribution in [3.05, 3.63) is 0 Å². The molecule has 0 aliphatic heterocycles. The topological polar surface area (TPSA) is 80.7 Å². The van der Waals surface area contributed by atoms with Crippen molar-refractivity contribution in [3.63, 3.8) is 0 Å². The van der Waals surface area contributed by atoms with Crippen molar-refractivity contribution in [3.8, 4) is 0 Å². The maximum Gasteiger partial charge on any atom is 0.303 e. The molecule has 192 valence electrons. The van der Waals surface area contributed by atoms with Crippen LogP contribution in [0, 0.1) is 51.2 Å². The molecule has 0 spiro atoms. The second-order valence-electron chi connectivity index (χ2n) is 13.7. The lowest BCUT2D eigenvalue weighted by Crippen LogP contribution is -2.62. The van der Waals surface area contributed by atoms with Crippen LogP contribution in [-0.2, 0) is 19.1 Å². The summed E-state index contributed by atoms with van der Waals surface area (Å²) in [5.41, 5.74) is 0.0605. The quantitative estimate of drug-likeness (QED) is 0.474. The lowest BCUT2D eigenvalue weighted by atomic mass is 9.38. The number of Topliss-reactive ketones (excluding diaryl/α,β-unsaturated/α-hetero) is 1. The second kappa shape index (κ2) is 8.34. The van der Waals surface area contributed by atoms with Crippen LogP contribution in [0.25, 0.3) is 0 Å². The van der Waals surface area contributed by atoms with Gasteiger partial charge in [0.15, 0.2) is 0 Å². The van der Waals surface area contributed by atoms with Gasteiger partial charge in [0.1, 0.15) is 11.9 Å². The first-order valence-corrected chi connectivity index (χ1v) is 13.6. The number of fused-ring (bicyclic) bond motifs is 5. The molecule has 0 saturated heterocycles. The van der Waals surface area contributed by atoms with Gasteiger partial charge in [0.05, 0.1) is 0 Å². The zero-order valence-corrected chi connectivity index (χ0v) is 22.4. The summed E-state index contributed by atoms with van der Waals surface area (Å²) in [7, 11) is 0. The summed E-state index contributed by atoms with van der Waals surface area (Å²) >= 11 is 0. The van der Waals surface area contributed by atoms with E-state index in [4.69, 9.17) is 4.74 Å². The van der Waals surface area contributed by atoms with Crippen molar-refractivity contribution in [1.29, 1.82) is 0 Å². The van der Waals surface area contributed by atoms with Crippen LogP contribution in [-0.4, -0.2) is 28.9 Å². The molecular weight excluding hydrogens is 428 g/mol. The number of carboxylic acid groups (broad SMARTS) is 1. The fourth-order valence-corrected chi connectivity index (χ4v) is 10.2. The zero-order valence-electron chi connectivity index (χ0n) is 22.4. The first-order valence-electron chi connectivity index (χ1n) is 13.6. The Hall–Kier alpha value is -1.39. The molecule has 4 aliphatic carbocycles. The monoisotopic (exact) mass is 474 g/mol. The highest BCUT2D eigenvalue weighted by Crippen LogP contribution is 2.74. The molecular formula is C29H46O5. The van der Waals surface area contributed by atoms with E-state index < -0.39 is 5.97 Å². The van der Waals surface area contributed by atoms with Crippen molar-refractivity contribution < 1.29 is 24.2 Å². The summed E-state index contributed by atoms with van der Waals surface area (Å²) in [5, 5.41) is 9.21. The largest absolute Gasteiger partial charge is 0.481 e. The van der Waals surface area contributed by atoms with E-state index in [0.717, 1.165) is 38.5 Å². The number of hydrogen-bond acceptors (Lipinski definition) is 4. The van der Waals surface area contributed by atoms with Gasteiger partial charge in [-0.15, -0.1) is 0 Å². The number of carbonyl (C=O) groups is 3. The van der Waals surface area contributed by atoms with Crippen molar-refractivity contribution in [2.24, 2.45) is 51.2 Å². The van der Waals surface area contributed by atoms with E-state index in [-0.39, 0.29) is 52.0 Å². The third-order valence-electron chi connectivity index (χ3n) is 11.9. The van der Waals surface area contributed by atoms with Crippen molar-refractivity contribution in [2.45, 2.75) is 112 Å². The average molecular weight is 475 g/mol. The highest BCUT2D eigenvalue weighted by atomic mass is 16.5. The van der Waals surface area contributed by atoms with Gasteiger partial charge >= 0.3 is 11.9 Å². The standard InChI is InChI=1S/C29H46O5/c1-17(8-11-24(32)33)25-21(31)16-29(7)20-9-10-22-26(3,4)23(34-18(2)30)13-14-27(22,5)19(20)12-15-28(25,29)6/h17,19-20,22-23,25H,8-16H2,1-7H3,(H,32,33)/t17-,19?,20?,22?,23+,25+,27-,28-,29+/m1/s1. The van der Waals surface area contributed by atoms with Gasteiger partial charge in [0.25, 0.3) is 0 Å². The highest BCUT2D eigenvalue weighted by Gasteiger charge is 2.69. The number of carboxylic acids is 1. The Bertz CT molecular complexity index is 863. The van der Waals surface area contributed by atoms with Crippen LogP contribution >= 0.6 is 0 Å². The molecule has 4 saturated carbocycles. The summed E-state index contributed by atoms with van der Waals surface area (Å²) in [6.45, 7) is 15.5. The minimum Gasteiger partial charge on any atom is -0.481 e. The maximum atomic E-state index is 13.5. The summed E-state index contributed by atoms with van der Waals surface area (Å²) in [5.74, 6) is 1.12. The van der Waals surface area contributed by atoms with E-state index in [9.17, 15) is 19.5 Å². The average Bonchev–Trinajstić information content (AvgIpc) is 2.93. The molecule has 4 aliphatic rings. The molecule has 3 unspecified atom stereocenters. The van der Waals surface area contributed by atoms with Crippen LogP contribution in [0.1, 0.15) is 106 Å². The smallest absolute Gasteiger partial charge is 0.303 e. The number of ether oxygens (including phenoxy) is 1. The Morgan fingerprint density at radius 2 is 1.68 bits per heavy atom. The van der Waals surface area contributed by atoms with Gasteiger partial charge in [-0.05, 0) is 84.9 Å². The number of hydrogen-bond donors (Lipinski definition) is 1. The van der Waals surface area contributed by atoms with E-state index in [0.29, 0.717) is 36.4 Å². The molecule has 4 rings (SSSR count). The van der Waals surface area contributed by atoms with Crippen LogP contribution < -0.4 is 0 Å². The molecule has 0 bridgehead atoms. The first-order chi connectivity index (χ1) is 15.7. The molecule has 0 amide bonds. The predicted molar refractivity (Wildman–Crippen MR) is 131 cm³/mol. The molecule has 34 heavy (non-hydrogen) atoms. The molecule has 4 fully saturated rings. The van der Waals surface area contributed by atoms with Crippen molar-refractivity contribution in [2.75, 3.05) is 0 Å². The molecule has 0 aromatic heterocycles. The molecule has 1 N–H and O–H groups in total. The molecule has 5 nitrogen and oxygen atoms in total. The highest BCUT2D eigenvalue weighted by molar-refractivity contribution is 5.86. The number of rotatable bonds is 5. The van der Waals surface area contributed by atoms with E-state index in [1.165, 1.54) is 6.92 Å². The zero-order chi connectivity index (χ0) is 25.3.